The van der Waals surface area contributed by atoms with E-state index in [9.17, 15) is 8.42 Å². The molecule has 0 aromatic heterocycles. The fraction of sp³-hybridized carbons (Fsp3) is 0. The summed E-state index contributed by atoms with van der Waals surface area (Å²) >= 11 is 5.87. The van der Waals surface area contributed by atoms with E-state index in [1.54, 1.807) is 24.3 Å². The number of rotatable bonds is 3. The topological polar surface area (TPSA) is 98.2 Å². The van der Waals surface area contributed by atoms with Crippen molar-refractivity contribution < 1.29 is 8.42 Å². The maximum absolute atomic E-state index is 11.3. The first-order valence-electron chi connectivity index (χ1n) is 5.31. The Hall–Kier alpha value is -1.76. The molecule has 0 aliphatic rings. The van der Waals surface area contributed by atoms with Crippen LogP contribution >= 0.6 is 11.6 Å². The van der Waals surface area contributed by atoms with Crippen LogP contribution in [0, 0.1) is 0 Å². The first-order valence-corrected chi connectivity index (χ1v) is 7.23. The lowest BCUT2D eigenvalue weighted by atomic mass is 10.2. The zero-order valence-electron chi connectivity index (χ0n) is 9.80. The molecule has 19 heavy (non-hydrogen) atoms. The van der Waals surface area contributed by atoms with Crippen molar-refractivity contribution in [3.05, 3.63) is 47.5 Å². The molecule has 0 saturated carbocycles. The summed E-state index contributed by atoms with van der Waals surface area (Å²) in [7, 11) is -3.76. The molecule has 2 aromatic carbocycles. The van der Waals surface area contributed by atoms with Crippen LogP contribution in [-0.2, 0) is 10.0 Å². The molecule has 100 valence electrons. The van der Waals surface area contributed by atoms with Gasteiger partial charge < -0.3 is 11.1 Å². The van der Waals surface area contributed by atoms with E-state index >= 15 is 0 Å². The van der Waals surface area contributed by atoms with Crippen LogP contribution < -0.4 is 16.2 Å². The predicted molar refractivity (Wildman–Crippen MR) is 77.0 cm³/mol. The van der Waals surface area contributed by atoms with Crippen molar-refractivity contribution in [1.82, 2.24) is 0 Å². The van der Waals surface area contributed by atoms with Crippen LogP contribution in [0.2, 0.25) is 5.02 Å². The summed E-state index contributed by atoms with van der Waals surface area (Å²) in [5.41, 5.74) is 7.35. The zero-order chi connectivity index (χ0) is 14.0. The number of anilines is 3. The van der Waals surface area contributed by atoms with Crippen molar-refractivity contribution in [2.75, 3.05) is 11.1 Å². The average molecular weight is 298 g/mol. The van der Waals surface area contributed by atoms with Gasteiger partial charge in [0, 0.05) is 10.7 Å². The van der Waals surface area contributed by atoms with Gasteiger partial charge in [-0.3, -0.25) is 0 Å². The fourth-order valence-corrected chi connectivity index (χ4v) is 2.27. The molecule has 0 atom stereocenters. The SMILES string of the molecule is Nc1ccc(S(N)(=O)=O)cc1Nc1cccc(Cl)c1. The molecule has 0 aliphatic carbocycles. The van der Waals surface area contributed by atoms with Gasteiger partial charge in [0.1, 0.15) is 0 Å². The number of primary sulfonamides is 1. The lowest BCUT2D eigenvalue weighted by Gasteiger charge is -2.11. The molecule has 0 unspecified atom stereocenters. The molecule has 0 radical (unpaired) electrons. The summed E-state index contributed by atoms with van der Waals surface area (Å²) in [5.74, 6) is 0. The monoisotopic (exact) mass is 297 g/mol. The highest BCUT2D eigenvalue weighted by Gasteiger charge is 2.10. The minimum absolute atomic E-state index is 0.00812. The molecule has 5 N–H and O–H groups in total. The van der Waals surface area contributed by atoms with Crippen molar-refractivity contribution in [1.29, 1.82) is 0 Å². The third-order valence-electron chi connectivity index (χ3n) is 2.46. The van der Waals surface area contributed by atoms with Crippen LogP contribution in [0.4, 0.5) is 17.1 Å². The van der Waals surface area contributed by atoms with Crippen molar-refractivity contribution in [3.63, 3.8) is 0 Å². The van der Waals surface area contributed by atoms with E-state index in [2.05, 4.69) is 5.32 Å². The minimum Gasteiger partial charge on any atom is -0.397 e. The third kappa shape index (κ3) is 3.37. The van der Waals surface area contributed by atoms with Gasteiger partial charge in [-0.25, -0.2) is 13.6 Å². The minimum atomic E-state index is -3.76. The van der Waals surface area contributed by atoms with E-state index in [1.165, 1.54) is 18.2 Å². The summed E-state index contributed by atoms with van der Waals surface area (Å²) in [4.78, 5) is -0.00812. The number of nitrogens with two attached hydrogens (primary N) is 2. The molecule has 7 heteroatoms. The van der Waals surface area contributed by atoms with Crippen LogP contribution in [0.3, 0.4) is 0 Å². The van der Waals surface area contributed by atoms with E-state index in [0.29, 0.717) is 22.1 Å². The van der Waals surface area contributed by atoms with Crippen LogP contribution in [0.25, 0.3) is 0 Å². The van der Waals surface area contributed by atoms with Crippen molar-refractivity contribution in [3.8, 4) is 0 Å². The van der Waals surface area contributed by atoms with E-state index < -0.39 is 10.0 Å². The Morgan fingerprint density at radius 2 is 1.84 bits per heavy atom. The van der Waals surface area contributed by atoms with Gasteiger partial charge in [-0.1, -0.05) is 17.7 Å². The largest absolute Gasteiger partial charge is 0.397 e. The van der Waals surface area contributed by atoms with Gasteiger partial charge in [0.05, 0.1) is 16.3 Å². The second-order valence-electron chi connectivity index (χ2n) is 3.93. The summed E-state index contributed by atoms with van der Waals surface area (Å²) in [6, 6.07) is 11.2. The summed E-state index contributed by atoms with van der Waals surface area (Å²) in [6.45, 7) is 0. The van der Waals surface area contributed by atoms with E-state index in [0.717, 1.165) is 0 Å². The quantitative estimate of drug-likeness (QED) is 0.757. The molecule has 0 bridgehead atoms. The van der Waals surface area contributed by atoms with Crippen LogP contribution in [0.1, 0.15) is 0 Å². The zero-order valence-corrected chi connectivity index (χ0v) is 11.4. The third-order valence-corrected chi connectivity index (χ3v) is 3.60. The molecule has 0 heterocycles. The smallest absolute Gasteiger partial charge is 0.238 e. The average Bonchev–Trinajstić information content (AvgIpc) is 2.30. The number of nitrogen functional groups attached to an aromatic ring is 1. The highest BCUT2D eigenvalue weighted by Crippen LogP contribution is 2.27. The van der Waals surface area contributed by atoms with Gasteiger partial charge in [-0.05, 0) is 36.4 Å². The molecular weight excluding hydrogens is 286 g/mol. The second-order valence-corrected chi connectivity index (χ2v) is 5.93. The first kappa shape index (κ1) is 13.7. The van der Waals surface area contributed by atoms with Gasteiger partial charge in [-0.2, -0.15) is 0 Å². The lowest BCUT2D eigenvalue weighted by Crippen LogP contribution is -2.12. The van der Waals surface area contributed by atoms with E-state index in [-0.39, 0.29) is 4.90 Å². The Balaban J connectivity index is 2.40. The van der Waals surface area contributed by atoms with Crippen molar-refractivity contribution >= 4 is 38.7 Å². The normalized spacial score (nSPS) is 11.3. The van der Waals surface area contributed by atoms with Crippen LogP contribution in [0.15, 0.2) is 47.4 Å². The molecule has 0 amide bonds. The Morgan fingerprint density at radius 1 is 1.11 bits per heavy atom. The predicted octanol–water partition coefficient (Wildman–Crippen LogP) is 2.31. The van der Waals surface area contributed by atoms with Gasteiger partial charge in [0.15, 0.2) is 0 Å². The van der Waals surface area contributed by atoms with Crippen molar-refractivity contribution in [2.24, 2.45) is 5.14 Å². The first-order chi connectivity index (χ1) is 8.86. The summed E-state index contributed by atoms with van der Waals surface area (Å²) in [5, 5.41) is 8.63. The molecule has 0 saturated heterocycles. The lowest BCUT2D eigenvalue weighted by molar-refractivity contribution is 0.598. The molecule has 5 nitrogen and oxygen atoms in total. The summed E-state index contributed by atoms with van der Waals surface area (Å²) < 4.78 is 22.6. The second kappa shape index (κ2) is 5.08. The maximum atomic E-state index is 11.3. The Labute approximate surface area is 116 Å². The van der Waals surface area contributed by atoms with E-state index in [1.807, 2.05) is 0 Å². The molecule has 2 aromatic rings. The van der Waals surface area contributed by atoms with Crippen LogP contribution in [-0.4, -0.2) is 8.42 Å². The highest BCUT2D eigenvalue weighted by molar-refractivity contribution is 7.89. The number of nitrogens with one attached hydrogen (secondary N) is 1. The van der Waals surface area contributed by atoms with Gasteiger partial charge in [0.2, 0.25) is 10.0 Å². The molecule has 0 spiro atoms. The number of hydrogen-bond donors (Lipinski definition) is 3. The van der Waals surface area contributed by atoms with Gasteiger partial charge >= 0.3 is 0 Å². The van der Waals surface area contributed by atoms with Gasteiger partial charge in [-0.15, -0.1) is 0 Å². The molecular formula is C12H12ClN3O2S. The number of halogens is 1. The molecule has 0 fully saturated rings. The van der Waals surface area contributed by atoms with Crippen molar-refractivity contribution in [2.45, 2.75) is 4.90 Å². The maximum Gasteiger partial charge on any atom is 0.238 e. The summed E-state index contributed by atoms with van der Waals surface area (Å²) in [6.07, 6.45) is 0. The number of hydrogen-bond acceptors (Lipinski definition) is 4. The standard InChI is InChI=1S/C12H12ClN3O2S/c13-8-2-1-3-9(6-8)16-12-7-10(19(15,17)18)4-5-11(12)14/h1-7,16H,14H2,(H2,15,17,18). The van der Waals surface area contributed by atoms with Gasteiger partial charge in [0.25, 0.3) is 0 Å². The Bertz CT molecular complexity index is 717. The Morgan fingerprint density at radius 3 is 2.47 bits per heavy atom. The molecule has 0 aliphatic heterocycles. The van der Waals surface area contributed by atoms with Crippen LogP contribution in [0.5, 0.6) is 0 Å². The highest BCUT2D eigenvalue weighted by atomic mass is 35.5. The Kier molecular flexibility index (Phi) is 3.66. The fourth-order valence-electron chi connectivity index (χ4n) is 1.54. The van der Waals surface area contributed by atoms with E-state index in [4.69, 9.17) is 22.5 Å². The molecule has 2 rings (SSSR count). The number of benzene rings is 2. The number of sulfonamides is 1.